The van der Waals surface area contributed by atoms with E-state index in [1.54, 1.807) is 16.8 Å². The SMILES string of the molecule is Cc1ccc(-n2nnnc2SCCS(=O)(=O)c2ccc(Cl)cc2)c(C)c1. The number of tetrazole rings is 1. The maximum Gasteiger partial charge on any atom is 0.214 e. The molecule has 0 fully saturated rings. The molecule has 26 heavy (non-hydrogen) atoms. The third-order valence-corrected chi connectivity index (χ3v) is 6.94. The highest BCUT2D eigenvalue weighted by molar-refractivity contribution is 8.00. The van der Waals surface area contributed by atoms with Crippen molar-refractivity contribution in [3.05, 3.63) is 58.6 Å². The zero-order chi connectivity index (χ0) is 18.7. The highest BCUT2D eigenvalue weighted by Crippen LogP contribution is 2.23. The largest absolute Gasteiger partial charge is 0.224 e. The molecule has 6 nitrogen and oxygen atoms in total. The molecule has 0 radical (unpaired) electrons. The lowest BCUT2D eigenvalue weighted by molar-refractivity contribution is 0.597. The predicted molar refractivity (Wildman–Crippen MR) is 103 cm³/mol. The van der Waals surface area contributed by atoms with Crippen molar-refractivity contribution in [2.24, 2.45) is 0 Å². The molecular weight excluding hydrogens is 392 g/mol. The highest BCUT2D eigenvalue weighted by atomic mass is 35.5. The molecule has 0 aliphatic heterocycles. The van der Waals surface area contributed by atoms with Crippen molar-refractivity contribution in [3.8, 4) is 5.69 Å². The fourth-order valence-corrected chi connectivity index (χ4v) is 5.12. The molecule has 0 atom stereocenters. The van der Waals surface area contributed by atoms with E-state index in [1.165, 1.54) is 23.9 Å². The lowest BCUT2D eigenvalue weighted by Crippen LogP contribution is -2.09. The van der Waals surface area contributed by atoms with Gasteiger partial charge in [-0.2, -0.15) is 4.68 Å². The number of hydrogen-bond acceptors (Lipinski definition) is 6. The summed E-state index contributed by atoms with van der Waals surface area (Å²) in [6.45, 7) is 4.01. The average Bonchev–Trinajstić information content (AvgIpc) is 3.03. The van der Waals surface area contributed by atoms with E-state index in [2.05, 4.69) is 21.6 Å². The average molecular weight is 409 g/mol. The second-order valence-corrected chi connectivity index (χ2v) is 9.39. The topological polar surface area (TPSA) is 77.7 Å². The third kappa shape index (κ3) is 4.25. The molecular formula is C17H17ClN4O2S2. The first-order valence-corrected chi connectivity index (χ1v) is 10.9. The first-order valence-electron chi connectivity index (χ1n) is 7.84. The number of halogens is 1. The Balaban J connectivity index is 1.71. The molecule has 0 N–H and O–H groups in total. The van der Waals surface area contributed by atoms with Crippen LogP contribution in [0.25, 0.3) is 5.69 Å². The van der Waals surface area contributed by atoms with Gasteiger partial charge in [-0.25, -0.2) is 8.42 Å². The highest BCUT2D eigenvalue weighted by Gasteiger charge is 2.16. The monoisotopic (exact) mass is 408 g/mol. The molecule has 1 heterocycles. The molecule has 0 saturated heterocycles. The third-order valence-electron chi connectivity index (χ3n) is 3.78. The van der Waals surface area contributed by atoms with Gasteiger partial charge < -0.3 is 0 Å². The van der Waals surface area contributed by atoms with Gasteiger partial charge in [0.1, 0.15) is 0 Å². The number of sulfone groups is 1. The summed E-state index contributed by atoms with van der Waals surface area (Å²) in [4.78, 5) is 0.261. The van der Waals surface area contributed by atoms with Crippen LogP contribution >= 0.6 is 23.4 Å². The van der Waals surface area contributed by atoms with Gasteiger partial charge in [0.05, 0.1) is 16.3 Å². The van der Waals surface area contributed by atoms with Crippen molar-refractivity contribution in [1.29, 1.82) is 0 Å². The van der Waals surface area contributed by atoms with Gasteiger partial charge in [0, 0.05) is 10.8 Å². The fourth-order valence-electron chi connectivity index (χ4n) is 2.47. The summed E-state index contributed by atoms with van der Waals surface area (Å²) in [6, 6.07) is 12.2. The summed E-state index contributed by atoms with van der Waals surface area (Å²) >= 11 is 7.12. The quantitative estimate of drug-likeness (QED) is 0.581. The molecule has 0 unspecified atom stereocenters. The second kappa shape index (κ2) is 7.77. The zero-order valence-electron chi connectivity index (χ0n) is 14.3. The Hall–Kier alpha value is -1.90. The lowest BCUT2D eigenvalue weighted by Gasteiger charge is -2.08. The maximum absolute atomic E-state index is 12.4. The number of benzene rings is 2. The van der Waals surface area contributed by atoms with Crippen molar-refractivity contribution < 1.29 is 8.42 Å². The number of rotatable bonds is 6. The van der Waals surface area contributed by atoms with E-state index < -0.39 is 9.84 Å². The van der Waals surface area contributed by atoms with Crippen molar-refractivity contribution in [2.75, 3.05) is 11.5 Å². The van der Waals surface area contributed by atoms with Crippen LogP contribution in [0.3, 0.4) is 0 Å². The van der Waals surface area contributed by atoms with Gasteiger partial charge in [-0.3, -0.25) is 0 Å². The van der Waals surface area contributed by atoms with Crippen LogP contribution in [-0.4, -0.2) is 40.1 Å². The van der Waals surface area contributed by atoms with Crippen LogP contribution in [0.4, 0.5) is 0 Å². The maximum atomic E-state index is 12.4. The van der Waals surface area contributed by atoms with E-state index >= 15 is 0 Å². The Morgan fingerprint density at radius 1 is 1.12 bits per heavy atom. The Morgan fingerprint density at radius 3 is 2.54 bits per heavy atom. The van der Waals surface area contributed by atoms with E-state index in [0.717, 1.165) is 16.8 Å². The molecule has 0 aliphatic rings. The minimum atomic E-state index is -3.38. The van der Waals surface area contributed by atoms with Crippen LogP contribution in [0.15, 0.2) is 52.5 Å². The van der Waals surface area contributed by atoms with Gasteiger partial charge in [-0.05, 0) is 60.2 Å². The van der Waals surface area contributed by atoms with Gasteiger partial charge in [0.15, 0.2) is 9.84 Å². The van der Waals surface area contributed by atoms with Crippen LogP contribution in [0, 0.1) is 13.8 Å². The second-order valence-electron chi connectivity index (χ2n) is 5.78. The van der Waals surface area contributed by atoms with Crippen LogP contribution in [0.5, 0.6) is 0 Å². The number of aromatic nitrogens is 4. The molecule has 3 aromatic rings. The molecule has 0 saturated carbocycles. The minimum Gasteiger partial charge on any atom is -0.224 e. The van der Waals surface area contributed by atoms with Gasteiger partial charge in [-0.1, -0.05) is 41.1 Å². The van der Waals surface area contributed by atoms with Gasteiger partial charge in [0.2, 0.25) is 5.16 Å². The Kier molecular flexibility index (Phi) is 5.64. The minimum absolute atomic E-state index is 0.0148. The summed E-state index contributed by atoms with van der Waals surface area (Å²) in [5, 5.41) is 12.8. The molecule has 0 amide bonds. The van der Waals surface area contributed by atoms with E-state index in [-0.39, 0.29) is 10.6 Å². The molecule has 3 rings (SSSR count). The predicted octanol–water partition coefficient (Wildman–Crippen LogP) is 3.50. The van der Waals surface area contributed by atoms with Crippen molar-refractivity contribution >= 4 is 33.2 Å². The summed E-state index contributed by atoms with van der Waals surface area (Å²) in [5.41, 5.74) is 3.08. The van der Waals surface area contributed by atoms with E-state index in [0.29, 0.717) is 15.9 Å². The summed E-state index contributed by atoms with van der Waals surface area (Å²) in [6.07, 6.45) is 0. The van der Waals surface area contributed by atoms with Crippen molar-refractivity contribution in [2.45, 2.75) is 23.9 Å². The standard InChI is InChI=1S/C17H17ClN4O2S2/c1-12-3-8-16(13(2)11-12)22-17(19-20-21-22)25-9-10-26(23,24)15-6-4-14(18)5-7-15/h3-8,11H,9-10H2,1-2H3. The van der Waals surface area contributed by atoms with E-state index in [9.17, 15) is 8.42 Å². The van der Waals surface area contributed by atoms with Crippen LogP contribution < -0.4 is 0 Å². The number of hydrogen-bond donors (Lipinski definition) is 0. The van der Waals surface area contributed by atoms with Crippen LogP contribution in [0.1, 0.15) is 11.1 Å². The van der Waals surface area contributed by atoms with Crippen LogP contribution in [-0.2, 0) is 9.84 Å². The Morgan fingerprint density at radius 2 is 1.85 bits per heavy atom. The van der Waals surface area contributed by atoms with Gasteiger partial charge in [-0.15, -0.1) is 5.10 Å². The normalized spacial score (nSPS) is 11.7. The summed E-state index contributed by atoms with van der Waals surface area (Å²) in [7, 11) is -3.38. The fraction of sp³-hybridized carbons (Fsp3) is 0.235. The van der Waals surface area contributed by atoms with Gasteiger partial charge >= 0.3 is 0 Å². The summed E-state index contributed by atoms with van der Waals surface area (Å²) < 4.78 is 26.4. The molecule has 2 aromatic carbocycles. The zero-order valence-corrected chi connectivity index (χ0v) is 16.6. The lowest BCUT2D eigenvalue weighted by atomic mass is 10.1. The number of aryl methyl sites for hydroxylation is 2. The Labute approximate surface area is 161 Å². The number of nitrogens with zero attached hydrogens (tertiary/aromatic N) is 4. The van der Waals surface area contributed by atoms with Crippen molar-refractivity contribution in [3.63, 3.8) is 0 Å². The molecule has 1 aromatic heterocycles. The van der Waals surface area contributed by atoms with Gasteiger partial charge in [0.25, 0.3) is 0 Å². The summed E-state index contributed by atoms with van der Waals surface area (Å²) in [5.74, 6) is 0.329. The van der Waals surface area contributed by atoms with E-state index in [4.69, 9.17) is 11.6 Å². The molecule has 9 heteroatoms. The molecule has 136 valence electrons. The smallest absolute Gasteiger partial charge is 0.214 e. The van der Waals surface area contributed by atoms with Crippen molar-refractivity contribution in [1.82, 2.24) is 20.2 Å². The Bertz CT molecular complexity index is 1020. The first-order chi connectivity index (χ1) is 12.4. The van der Waals surface area contributed by atoms with Crippen LogP contribution in [0.2, 0.25) is 5.02 Å². The number of thioether (sulfide) groups is 1. The molecule has 0 spiro atoms. The first kappa shape index (κ1) is 18.9. The molecule has 0 bridgehead atoms. The van der Waals surface area contributed by atoms with E-state index in [1.807, 2.05) is 26.0 Å². The molecule has 0 aliphatic carbocycles.